The molecule has 3 rings (SSSR count). The second-order valence-corrected chi connectivity index (χ2v) is 7.05. The van der Waals surface area contributed by atoms with E-state index in [2.05, 4.69) is 16.2 Å². The Hall–Kier alpha value is -3.22. The number of nitrogens with one attached hydrogen (secondary N) is 3. The van der Waals surface area contributed by atoms with Crippen LogP contribution in [-0.2, 0) is 11.2 Å². The van der Waals surface area contributed by atoms with Crippen LogP contribution in [0.2, 0.25) is 5.02 Å². The van der Waals surface area contributed by atoms with Crippen LogP contribution in [0.15, 0.2) is 78.9 Å². The number of amides is 2. The highest BCUT2D eigenvalue weighted by atomic mass is 35.5. The van der Waals surface area contributed by atoms with Crippen LogP contribution >= 0.6 is 23.8 Å². The number of halogens is 1. The molecule has 7 heteroatoms. The first-order valence-corrected chi connectivity index (χ1v) is 9.60. The maximum atomic E-state index is 12.2. The van der Waals surface area contributed by atoms with Crippen LogP contribution in [0.3, 0.4) is 0 Å². The average Bonchev–Trinajstić information content (AvgIpc) is 2.74. The Labute approximate surface area is 179 Å². The zero-order valence-corrected chi connectivity index (χ0v) is 16.9. The van der Waals surface area contributed by atoms with Crippen molar-refractivity contribution in [3.63, 3.8) is 0 Å². The Morgan fingerprint density at radius 3 is 2.07 bits per heavy atom. The van der Waals surface area contributed by atoms with E-state index in [4.69, 9.17) is 23.8 Å². The highest BCUT2D eigenvalue weighted by molar-refractivity contribution is 7.80. The normalized spacial score (nSPS) is 10.1. The van der Waals surface area contributed by atoms with E-state index in [0.29, 0.717) is 10.6 Å². The number of hydrogen-bond acceptors (Lipinski definition) is 3. The van der Waals surface area contributed by atoms with Gasteiger partial charge in [0.15, 0.2) is 5.11 Å². The van der Waals surface area contributed by atoms with Gasteiger partial charge in [-0.1, -0.05) is 66.2 Å². The molecule has 0 aliphatic rings. The number of thiocarbonyl (C=S) groups is 1. The largest absolute Gasteiger partial charge is 0.302 e. The van der Waals surface area contributed by atoms with Crippen LogP contribution in [0.4, 0.5) is 0 Å². The lowest BCUT2D eigenvalue weighted by Gasteiger charge is -2.11. The summed E-state index contributed by atoms with van der Waals surface area (Å²) in [4.78, 5) is 24.3. The van der Waals surface area contributed by atoms with Crippen molar-refractivity contribution in [2.24, 2.45) is 0 Å². The lowest BCUT2D eigenvalue weighted by atomic mass is 10.0. The standard InChI is InChI=1S/C22H18ClN3O2S/c23-19-12-6-15(7-13-19)14-20(27)24-22(29)26-25-21(28)18-10-8-17(9-11-18)16-4-2-1-3-5-16/h1-13H,14H2,(H,25,28)(H2,24,26,27,29). The monoisotopic (exact) mass is 423 g/mol. The van der Waals surface area contributed by atoms with Gasteiger partial charge < -0.3 is 5.32 Å². The first-order chi connectivity index (χ1) is 14.0. The summed E-state index contributed by atoms with van der Waals surface area (Å²) in [5.41, 5.74) is 8.36. The van der Waals surface area contributed by atoms with Crippen LogP contribution < -0.4 is 16.2 Å². The van der Waals surface area contributed by atoms with Crippen molar-refractivity contribution in [1.82, 2.24) is 16.2 Å². The highest BCUT2D eigenvalue weighted by Crippen LogP contribution is 2.19. The quantitative estimate of drug-likeness (QED) is 0.440. The van der Waals surface area contributed by atoms with Crippen molar-refractivity contribution in [2.75, 3.05) is 0 Å². The zero-order valence-electron chi connectivity index (χ0n) is 15.3. The minimum atomic E-state index is -0.362. The third-order valence-corrected chi connectivity index (χ3v) is 4.53. The molecule has 5 nitrogen and oxygen atoms in total. The maximum absolute atomic E-state index is 12.2. The molecule has 0 aliphatic heterocycles. The van der Waals surface area contributed by atoms with Crippen LogP contribution in [0.25, 0.3) is 11.1 Å². The van der Waals surface area contributed by atoms with Gasteiger partial charge in [-0.25, -0.2) is 0 Å². The van der Waals surface area contributed by atoms with Gasteiger partial charge in [0.05, 0.1) is 6.42 Å². The van der Waals surface area contributed by atoms with Gasteiger partial charge in [-0.2, -0.15) is 0 Å². The number of carbonyl (C=O) groups is 2. The lowest BCUT2D eigenvalue weighted by molar-refractivity contribution is -0.119. The van der Waals surface area contributed by atoms with Gasteiger partial charge in [-0.3, -0.25) is 20.4 Å². The fourth-order valence-corrected chi connectivity index (χ4v) is 2.91. The van der Waals surface area contributed by atoms with Gasteiger partial charge in [0.25, 0.3) is 5.91 Å². The van der Waals surface area contributed by atoms with Gasteiger partial charge in [-0.15, -0.1) is 0 Å². The van der Waals surface area contributed by atoms with Crippen LogP contribution in [-0.4, -0.2) is 16.9 Å². The first-order valence-electron chi connectivity index (χ1n) is 8.81. The second kappa shape index (κ2) is 9.82. The predicted molar refractivity (Wildman–Crippen MR) is 118 cm³/mol. The molecule has 29 heavy (non-hydrogen) atoms. The molecule has 3 N–H and O–H groups in total. The SMILES string of the molecule is O=C(Cc1ccc(Cl)cc1)NC(=S)NNC(=O)c1ccc(-c2ccccc2)cc1. The van der Waals surface area contributed by atoms with Gasteiger partial charge in [0.2, 0.25) is 5.91 Å². The molecule has 0 fully saturated rings. The molecule has 0 aliphatic carbocycles. The predicted octanol–water partition coefficient (Wildman–Crippen LogP) is 3.89. The molecule has 0 saturated carbocycles. The summed E-state index contributed by atoms with van der Waals surface area (Å²) in [6.45, 7) is 0. The molecule has 0 spiro atoms. The Morgan fingerprint density at radius 1 is 0.793 bits per heavy atom. The van der Waals surface area contributed by atoms with Crippen molar-refractivity contribution in [3.05, 3.63) is 95.0 Å². The molecular weight excluding hydrogens is 406 g/mol. The molecule has 3 aromatic carbocycles. The second-order valence-electron chi connectivity index (χ2n) is 6.20. The number of rotatable bonds is 4. The van der Waals surface area contributed by atoms with E-state index in [-0.39, 0.29) is 23.3 Å². The smallest absolute Gasteiger partial charge is 0.269 e. The van der Waals surface area contributed by atoms with E-state index in [9.17, 15) is 9.59 Å². The molecule has 3 aromatic rings. The summed E-state index contributed by atoms with van der Waals surface area (Å²) in [6.07, 6.45) is 0.147. The summed E-state index contributed by atoms with van der Waals surface area (Å²) in [7, 11) is 0. The molecule has 0 unspecified atom stereocenters. The fraction of sp³-hybridized carbons (Fsp3) is 0.0455. The van der Waals surface area contributed by atoms with Gasteiger partial charge >= 0.3 is 0 Å². The van der Waals surface area contributed by atoms with Crippen molar-refractivity contribution in [1.29, 1.82) is 0 Å². The lowest BCUT2D eigenvalue weighted by Crippen LogP contribution is -2.48. The molecule has 0 atom stereocenters. The molecule has 0 radical (unpaired) electrons. The molecular formula is C22H18ClN3O2S. The third kappa shape index (κ3) is 6.14. The van der Waals surface area contributed by atoms with Gasteiger partial charge in [0.1, 0.15) is 0 Å². The Balaban J connectivity index is 1.47. The average molecular weight is 424 g/mol. The number of hydrazine groups is 1. The van der Waals surface area contributed by atoms with Crippen LogP contribution in [0, 0.1) is 0 Å². The highest BCUT2D eigenvalue weighted by Gasteiger charge is 2.09. The van der Waals surface area contributed by atoms with Crippen LogP contribution in [0.5, 0.6) is 0 Å². The van der Waals surface area contributed by atoms with Gasteiger partial charge in [0, 0.05) is 10.6 Å². The van der Waals surface area contributed by atoms with Crippen LogP contribution in [0.1, 0.15) is 15.9 Å². The number of benzene rings is 3. The van der Waals surface area contributed by atoms with Gasteiger partial charge in [-0.05, 0) is 53.2 Å². The van der Waals surface area contributed by atoms with Crippen molar-refractivity contribution < 1.29 is 9.59 Å². The van der Waals surface area contributed by atoms with E-state index >= 15 is 0 Å². The summed E-state index contributed by atoms with van der Waals surface area (Å²) < 4.78 is 0. The van der Waals surface area contributed by atoms with E-state index in [1.54, 1.807) is 36.4 Å². The Kier molecular flexibility index (Phi) is 6.94. The van der Waals surface area contributed by atoms with Crippen molar-refractivity contribution >= 4 is 40.7 Å². The first kappa shape index (κ1) is 20.5. The molecule has 2 amide bonds. The summed E-state index contributed by atoms with van der Waals surface area (Å²) in [6, 6.07) is 24.0. The molecule has 146 valence electrons. The molecule has 0 heterocycles. The third-order valence-electron chi connectivity index (χ3n) is 4.07. The summed E-state index contributed by atoms with van der Waals surface area (Å²) in [5.74, 6) is -0.662. The summed E-state index contributed by atoms with van der Waals surface area (Å²) in [5, 5.41) is 3.13. The van der Waals surface area contributed by atoms with E-state index in [1.165, 1.54) is 0 Å². The zero-order chi connectivity index (χ0) is 20.6. The molecule has 0 saturated heterocycles. The van der Waals surface area contributed by atoms with E-state index in [0.717, 1.165) is 16.7 Å². The van der Waals surface area contributed by atoms with Crippen molar-refractivity contribution in [2.45, 2.75) is 6.42 Å². The minimum absolute atomic E-state index is 0.0122. The minimum Gasteiger partial charge on any atom is -0.302 e. The number of hydrogen-bond donors (Lipinski definition) is 3. The number of carbonyl (C=O) groups excluding carboxylic acids is 2. The molecule has 0 bridgehead atoms. The Bertz CT molecular complexity index is 1010. The topological polar surface area (TPSA) is 70.2 Å². The maximum Gasteiger partial charge on any atom is 0.269 e. The summed E-state index contributed by atoms with van der Waals surface area (Å²) >= 11 is 10.9. The van der Waals surface area contributed by atoms with Crippen molar-refractivity contribution in [3.8, 4) is 11.1 Å². The Morgan fingerprint density at radius 2 is 1.41 bits per heavy atom. The van der Waals surface area contributed by atoms with E-state index in [1.807, 2.05) is 42.5 Å². The molecule has 0 aromatic heterocycles. The fourth-order valence-electron chi connectivity index (χ4n) is 2.62. The van der Waals surface area contributed by atoms with E-state index < -0.39 is 0 Å².